The minimum Gasteiger partial charge on any atom is -0.481 e. The van der Waals surface area contributed by atoms with Crippen LogP contribution in [-0.4, -0.2) is 59.5 Å². The number of unbranched alkanes of at least 4 members (excludes halogenated alkanes) is 1. The number of aliphatic carboxylic acids is 2. The molecule has 11 heteroatoms. The van der Waals surface area contributed by atoms with E-state index in [0.717, 1.165) is 10.8 Å². The normalized spacial score (nSPS) is 12.2. The van der Waals surface area contributed by atoms with E-state index in [0.29, 0.717) is 24.9 Å². The molecule has 0 bridgehead atoms. The first-order valence-corrected chi connectivity index (χ1v) is 10.6. The highest BCUT2D eigenvalue weighted by Gasteiger charge is 2.24. The molecule has 2 aromatic rings. The van der Waals surface area contributed by atoms with E-state index in [2.05, 4.69) is 5.32 Å². The monoisotopic (exact) mass is 474 g/mol. The third kappa shape index (κ3) is 8.77. The first-order chi connectivity index (χ1) is 16.3. The van der Waals surface area contributed by atoms with Crippen LogP contribution >= 0.6 is 0 Å². The van der Waals surface area contributed by atoms with E-state index < -0.39 is 36.8 Å². The van der Waals surface area contributed by atoms with Gasteiger partial charge < -0.3 is 30.3 Å². The summed E-state index contributed by atoms with van der Waals surface area (Å²) >= 11 is 0. The smallest absolute Gasteiger partial charge is 0.410 e. The van der Waals surface area contributed by atoms with E-state index in [4.69, 9.17) is 19.7 Å². The van der Waals surface area contributed by atoms with Crippen LogP contribution in [-0.2, 0) is 23.9 Å². The summed E-state index contributed by atoms with van der Waals surface area (Å²) in [7, 11) is 0. The number of amides is 2. The van der Waals surface area contributed by atoms with Crippen LogP contribution in [0.4, 0.5) is 4.79 Å². The summed E-state index contributed by atoms with van der Waals surface area (Å²) in [5.74, 6) is -2.87. The van der Waals surface area contributed by atoms with Crippen LogP contribution in [0.25, 0.3) is 10.8 Å². The number of ether oxygens (including phenoxy) is 2. The van der Waals surface area contributed by atoms with Crippen molar-refractivity contribution in [2.75, 3.05) is 6.54 Å². The van der Waals surface area contributed by atoms with Gasteiger partial charge in [-0.3, -0.25) is 14.4 Å². The predicted molar refractivity (Wildman–Crippen MR) is 119 cm³/mol. The fourth-order valence-electron chi connectivity index (χ4n) is 3.11. The highest BCUT2D eigenvalue weighted by atomic mass is 16.7. The molecule has 0 saturated heterocycles. The van der Waals surface area contributed by atoms with Gasteiger partial charge in [0.2, 0.25) is 6.29 Å². The predicted octanol–water partition coefficient (Wildman–Crippen LogP) is 2.28. The molecule has 2 amide bonds. The van der Waals surface area contributed by atoms with Crippen molar-refractivity contribution in [2.45, 2.75) is 44.4 Å². The van der Waals surface area contributed by atoms with Crippen molar-refractivity contribution < 1.29 is 43.7 Å². The number of carboxylic acid groups (broad SMARTS) is 2. The Labute approximate surface area is 195 Å². The Hall–Kier alpha value is -4.15. The Morgan fingerprint density at radius 1 is 0.971 bits per heavy atom. The number of carbonyl (C=O) groups is 5. The molecule has 2 atom stereocenters. The minimum atomic E-state index is -1.47. The lowest BCUT2D eigenvalue weighted by Gasteiger charge is -2.18. The van der Waals surface area contributed by atoms with Gasteiger partial charge in [0.05, 0.1) is 0 Å². The third-order valence-corrected chi connectivity index (χ3v) is 4.85. The number of fused-ring (bicyclic) bond motifs is 1. The third-order valence-electron chi connectivity index (χ3n) is 4.85. The SMILES string of the molecule is O=CO[C@H](CCCCNC(=O)c1ccc2ccccc2c1)OC(=O)N[C@@H](CCC(=O)O)C(=O)O. The van der Waals surface area contributed by atoms with Gasteiger partial charge in [-0.15, -0.1) is 0 Å². The molecule has 2 rings (SSSR count). The number of benzene rings is 2. The number of alkyl carbamates (subject to hydrolysis) is 1. The molecule has 0 radical (unpaired) electrons. The van der Waals surface area contributed by atoms with Gasteiger partial charge in [0, 0.05) is 24.9 Å². The number of hydrogen-bond acceptors (Lipinski definition) is 7. The second kappa shape index (κ2) is 13.4. The Balaban J connectivity index is 1.75. The maximum atomic E-state index is 12.3. The summed E-state index contributed by atoms with van der Waals surface area (Å²) < 4.78 is 9.61. The Bertz CT molecular complexity index is 1020. The standard InChI is InChI=1S/C23H26N2O9/c26-14-33-20(34-23(32)25-18(22(30)31)10-11-19(27)28)7-3-4-12-24-21(29)17-9-8-15-5-1-2-6-16(15)13-17/h1-2,5-6,8-9,13-14,18,20H,3-4,7,10-12H2,(H,24,29)(H,25,32)(H,27,28)(H,30,31)/t18-,20-/m0/s1. The molecule has 0 spiro atoms. The lowest BCUT2D eigenvalue weighted by molar-refractivity contribution is -0.154. The van der Waals surface area contributed by atoms with Crippen LogP contribution in [0, 0.1) is 0 Å². The van der Waals surface area contributed by atoms with Gasteiger partial charge in [-0.1, -0.05) is 30.3 Å². The van der Waals surface area contributed by atoms with Gasteiger partial charge >= 0.3 is 18.0 Å². The van der Waals surface area contributed by atoms with E-state index in [9.17, 15) is 24.0 Å². The fraction of sp³-hybridized carbons (Fsp3) is 0.348. The van der Waals surface area contributed by atoms with Gasteiger partial charge in [-0.05, 0) is 42.2 Å². The Morgan fingerprint density at radius 2 is 1.71 bits per heavy atom. The van der Waals surface area contributed by atoms with Crippen LogP contribution in [0.2, 0.25) is 0 Å². The highest BCUT2D eigenvalue weighted by molar-refractivity contribution is 5.98. The first kappa shape index (κ1) is 26.1. The number of carbonyl (C=O) groups excluding carboxylic acids is 3. The van der Waals surface area contributed by atoms with Gasteiger partial charge in [0.25, 0.3) is 12.4 Å². The van der Waals surface area contributed by atoms with Crippen LogP contribution < -0.4 is 10.6 Å². The second-order valence-corrected chi connectivity index (χ2v) is 7.35. The zero-order chi connectivity index (χ0) is 24.9. The van der Waals surface area contributed by atoms with Crippen molar-refractivity contribution in [3.63, 3.8) is 0 Å². The van der Waals surface area contributed by atoms with Crippen molar-refractivity contribution in [1.82, 2.24) is 10.6 Å². The maximum Gasteiger partial charge on any atom is 0.410 e. The molecule has 0 aromatic heterocycles. The van der Waals surface area contributed by atoms with Crippen LogP contribution in [0.15, 0.2) is 42.5 Å². The molecule has 34 heavy (non-hydrogen) atoms. The second-order valence-electron chi connectivity index (χ2n) is 7.35. The average molecular weight is 474 g/mol. The number of nitrogens with one attached hydrogen (secondary N) is 2. The van der Waals surface area contributed by atoms with Gasteiger partial charge in [0.15, 0.2) is 0 Å². The van der Waals surface area contributed by atoms with Crippen molar-refractivity contribution in [3.05, 3.63) is 48.0 Å². The van der Waals surface area contributed by atoms with Crippen LogP contribution in [0.1, 0.15) is 42.5 Å². The lowest BCUT2D eigenvalue weighted by Crippen LogP contribution is -2.42. The minimum absolute atomic E-state index is 0.0958. The molecule has 182 valence electrons. The molecule has 0 unspecified atom stereocenters. The first-order valence-electron chi connectivity index (χ1n) is 10.6. The van der Waals surface area contributed by atoms with Crippen molar-refractivity contribution >= 4 is 41.2 Å². The molecule has 4 N–H and O–H groups in total. The molecule has 0 heterocycles. The summed E-state index contributed by atoms with van der Waals surface area (Å²) in [6.45, 7) is 0.431. The van der Waals surface area contributed by atoms with Crippen LogP contribution in [0.5, 0.6) is 0 Å². The summed E-state index contributed by atoms with van der Waals surface area (Å²) in [4.78, 5) is 56.7. The van der Waals surface area contributed by atoms with Crippen molar-refractivity contribution in [1.29, 1.82) is 0 Å². The van der Waals surface area contributed by atoms with Crippen LogP contribution in [0.3, 0.4) is 0 Å². The molecule has 0 aliphatic rings. The molecule has 11 nitrogen and oxygen atoms in total. The number of hydrogen-bond donors (Lipinski definition) is 4. The zero-order valence-electron chi connectivity index (χ0n) is 18.3. The molecule has 0 aliphatic heterocycles. The molecule has 0 aliphatic carbocycles. The zero-order valence-corrected chi connectivity index (χ0v) is 18.3. The maximum absolute atomic E-state index is 12.3. The van der Waals surface area contributed by atoms with E-state index in [1.54, 1.807) is 12.1 Å². The van der Waals surface area contributed by atoms with Gasteiger partial charge in [-0.2, -0.15) is 0 Å². The topological polar surface area (TPSA) is 168 Å². The number of carboxylic acids is 2. The molecule has 2 aromatic carbocycles. The van der Waals surface area contributed by atoms with Crippen molar-refractivity contribution in [3.8, 4) is 0 Å². The Morgan fingerprint density at radius 3 is 2.38 bits per heavy atom. The van der Waals surface area contributed by atoms with E-state index >= 15 is 0 Å². The summed E-state index contributed by atoms with van der Waals surface area (Å²) in [6.07, 6.45) is -2.18. The van der Waals surface area contributed by atoms with Gasteiger partial charge in [-0.25, -0.2) is 9.59 Å². The van der Waals surface area contributed by atoms with E-state index in [-0.39, 0.29) is 25.2 Å². The quantitative estimate of drug-likeness (QED) is 0.182. The van der Waals surface area contributed by atoms with Gasteiger partial charge in [0.1, 0.15) is 6.04 Å². The highest BCUT2D eigenvalue weighted by Crippen LogP contribution is 2.15. The molecular formula is C23H26N2O9. The number of rotatable bonds is 14. The summed E-state index contributed by atoms with van der Waals surface area (Å²) in [5, 5.41) is 24.5. The largest absolute Gasteiger partial charge is 0.481 e. The van der Waals surface area contributed by atoms with Crippen molar-refractivity contribution in [2.24, 2.45) is 0 Å². The molecular weight excluding hydrogens is 448 g/mol. The average Bonchev–Trinajstić information content (AvgIpc) is 2.80. The summed E-state index contributed by atoms with van der Waals surface area (Å²) in [5.41, 5.74) is 0.525. The summed E-state index contributed by atoms with van der Waals surface area (Å²) in [6, 6.07) is 11.6. The molecule has 0 fully saturated rings. The van der Waals surface area contributed by atoms with E-state index in [1.165, 1.54) is 0 Å². The fourth-order valence-corrected chi connectivity index (χ4v) is 3.11. The lowest BCUT2D eigenvalue weighted by atomic mass is 10.1. The Kier molecular flexibility index (Phi) is 10.3. The molecule has 0 saturated carbocycles. The van der Waals surface area contributed by atoms with E-state index in [1.807, 2.05) is 35.6 Å².